The Hall–Kier alpha value is -0.910. The first-order chi connectivity index (χ1) is 7.01. The SMILES string of the molecule is CCCCC1=N[NH+](CCC(F)(F)F)C=N1. The molecule has 1 rings (SSSR count). The smallest absolute Gasteiger partial charge is 0.180 e. The number of aliphatic imine (C=N–C) groups is 1. The van der Waals surface area contributed by atoms with Gasteiger partial charge in [-0.05, 0) is 6.42 Å². The molecule has 1 heterocycles. The highest BCUT2D eigenvalue weighted by Crippen LogP contribution is 2.17. The highest BCUT2D eigenvalue weighted by atomic mass is 19.4. The molecule has 0 saturated heterocycles. The van der Waals surface area contributed by atoms with Crippen LogP contribution in [-0.4, -0.2) is 24.9 Å². The fourth-order valence-corrected chi connectivity index (χ4v) is 1.22. The molecule has 3 nitrogen and oxygen atoms in total. The fourth-order valence-electron chi connectivity index (χ4n) is 1.22. The van der Waals surface area contributed by atoms with E-state index in [4.69, 9.17) is 0 Å². The molecule has 1 atom stereocenters. The fraction of sp³-hybridized carbons (Fsp3) is 0.778. The Morgan fingerprint density at radius 1 is 1.40 bits per heavy atom. The van der Waals surface area contributed by atoms with Crippen molar-refractivity contribution in [1.82, 2.24) is 0 Å². The first-order valence-corrected chi connectivity index (χ1v) is 5.05. The second-order valence-corrected chi connectivity index (χ2v) is 3.50. The third-order valence-electron chi connectivity index (χ3n) is 2.05. The maximum Gasteiger partial charge on any atom is 0.394 e. The number of rotatable bonds is 5. The summed E-state index contributed by atoms with van der Waals surface area (Å²) in [6.45, 7) is 1.98. The molecule has 0 aliphatic carbocycles. The standard InChI is InChI=1S/C9H14F3N3/c1-2-3-4-8-13-7-15(14-8)6-5-9(10,11)12/h7H,2-6H2,1H3/p+1. The number of halogens is 3. The van der Waals surface area contributed by atoms with Gasteiger partial charge in [-0.25, -0.2) is 0 Å². The number of nitrogens with zero attached hydrogens (tertiary/aromatic N) is 2. The van der Waals surface area contributed by atoms with Crippen LogP contribution in [0.5, 0.6) is 0 Å². The summed E-state index contributed by atoms with van der Waals surface area (Å²) in [4.78, 5) is 3.98. The molecule has 0 bridgehead atoms. The molecule has 0 saturated carbocycles. The molecular weight excluding hydrogens is 207 g/mol. The first-order valence-electron chi connectivity index (χ1n) is 5.05. The monoisotopic (exact) mass is 222 g/mol. The van der Waals surface area contributed by atoms with E-state index in [9.17, 15) is 13.2 Å². The Kier molecular flexibility index (Phi) is 4.26. The molecule has 15 heavy (non-hydrogen) atoms. The molecule has 1 N–H and O–H groups in total. The molecular formula is C9H15F3N3+. The third-order valence-corrected chi connectivity index (χ3v) is 2.05. The van der Waals surface area contributed by atoms with Crippen molar-refractivity contribution in [3.05, 3.63) is 0 Å². The summed E-state index contributed by atoms with van der Waals surface area (Å²) in [6, 6.07) is 0. The minimum Gasteiger partial charge on any atom is -0.180 e. The quantitative estimate of drug-likeness (QED) is 0.728. The third kappa shape index (κ3) is 4.92. The van der Waals surface area contributed by atoms with Gasteiger partial charge in [0, 0.05) is 6.42 Å². The number of amidine groups is 1. The zero-order chi connectivity index (χ0) is 11.3. The zero-order valence-corrected chi connectivity index (χ0v) is 8.64. The second kappa shape index (κ2) is 5.25. The van der Waals surface area contributed by atoms with Gasteiger partial charge in [-0.15, -0.1) is 0 Å². The molecule has 0 fully saturated rings. The van der Waals surface area contributed by atoms with Crippen LogP contribution in [0.1, 0.15) is 32.6 Å². The van der Waals surface area contributed by atoms with E-state index in [0.717, 1.165) is 19.3 Å². The molecule has 0 amide bonds. The summed E-state index contributed by atoms with van der Waals surface area (Å²) in [7, 11) is 0. The maximum atomic E-state index is 11.9. The van der Waals surface area contributed by atoms with Crippen LogP contribution < -0.4 is 5.01 Å². The van der Waals surface area contributed by atoms with Crippen LogP contribution in [0.3, 0.4) is 0 Å². The second-order valence-electron chi connectivity index (χ2n) is 3.50. The number of quaternary nitrogens is 1. The lowest BCUT2D eigenvalue weighted by molar-refractivity contribution is -0.804. The minimum atomic E-state index is -4.11. The zero-order valence-electron chi connectivity index (χ0n) is 8.64. The highest BCUT2D eigenvalue weighted by Gasteiger charge is 2.30. The van der Waals surface area contributed by atoms with Gasteiger partial charge in [0.1, 0.15) is 6.54 Å². The number of nitrogens with one attached hydrogen (secondary N) is 1. The molecule has 1 unspecified atom stereocenters. The molecule has 0 aromatic heterocycles. The van der Waals surface area contributed by atoms with E-state index in [0.29, 0.717) is 10.8 Å². The van der Waals surface area contributed by atoms with Gasteiger partial charge in [0.25, 0.3) is 0 Å². The molecule has 6 heteroatoms. The summed E-state index contributed by atoms with van der Waals surface area (Å²) in [5, 5.41) is 4.48. The Labute approximate surface area is 86.7 Å². The molecule has 0 spiro atoms. The van der Waals surface area contributed by atoms with E-state index in [1.807, 2.05) is 6.92 Å². The lowest BCUT2D eigenvalue weighted by atomic mass is 10.2. The van der Waals surface area contributed by atoms with Crippen LogP contribution >= 0.6 is 0 Å². The van der Waals surface area contributed by atoms with E-state index < -0.39 is 12.6 Å². The van der Waals surface area contributed by atoms with E-state index in [1.165, 1.54) is 6.34 Å². The minimum absolute atomic E-state index is 0.0668. The normalized spacial score (nSPS) is 20.8. The van der Waals surface area contributed by atoms with Crippen LogP contribution in [0.4, 0.5) is 13.2 Å². The molecule has 0 aromatic carbocycles. The van der Waals surface area contributed by atoms with Gasteiger partial charge in [0.15, 0.2) is 5.84 Å². The first kappa shape index (κ1) is 12.2. The number of hydrogen-bond donors (Lipinski definition) is 1. The van der Waals surface area contributed by atoms with Gasteiger partial charge in [0.05, 0.1) is 6.42 Å². The molecule has 0 aromatic rings. The van der Waals surface area contributed by atoms with Gasteiger partial charge in [-0.2, -0.15) is 23.2 Å². The largest absolute Gasteiger partial charge is 0.394 e. The number of unbranched alkanes of at least 4 members (excludes halogenated alkanes) is 1. The summed E-state index contributed by atoms with van der Waals surface area (Å²) in [6.07, 6.45) is -0.726. The Bertz CT molecular complexity index is 258. The van der Waals surface area contributed by atoms with E-state index in [2.05, 4.69) is 10.1 Å². The van der Waals surface area contributed by atoms with Crippen molar-refractivity contribution in [2.75, 3.05) is 6.54 Å². The van der Waals surface area contributed by atoms with Crippen LogP contribution in [0.25, 0.3) is 0 Å². The Balaban J connectivity index is 2.29. The summed E-state index contributed by atoms with van der Waals surface area (Å²) in [5.41, 5.74) is 0. The van der Waals surface area contributed by atoms with Crippen molar-refractivity contribution in [3.63, 3.8) is 0 Å². The van der Waals surface area contributed by atoms with Gasteiger partial charge in [-0.1, -0.05) is 18.4 Å². The molecule has 1 aliphatic heterocycles. The van der Waals surface area contributed by atoms with Crippen molar-refractivity contribution in [1.29, 1.82) is 0 Å². The van der Waals surface area contributed by atoms with E-state index in [1.54, 1.807) is 0 Å². The molecule has 1 aliphatic rings. The predicted octanol–water partition coefficient (Wildman–Crippen LogP) is 1.37. The van der Waals surface area contributed by atoms with Crippen LogP contribution in [0.15, 0.2) is 10.1 Å². The van der Waals surface area contributed by atoms with Crippen molar-refractivity contribution >= 4 is 12.2 Å². The van der Waals surface area contributed by atoms with Crippen molar-refractivity contribution in [2.45, 2.75) is 38.8 Å². The van der Waals surface area contributed by atoms with Gasteiger partial charge >= 0.3 is 6.18 Å². The highest BCUT2D eigenvalue weighted by molar-refractivity contribution is 5.89. The van der Waals surface area contributed by atoms with Gasteiger partial charge < -0.3 is 0 Å². The number of hydrogen-bond acceptors (Lipinski definition) is 2. The van der Waals surface area contributed by atoms with Gasteiger partial charge in [0.2, 0.25) is 6.34 Å². The van der Waals surface area contributed by atoms with Crippen LogP contribution in [-0.2, 0) is 0 Å². The number of alkyl halides is 3. The summed E-state index contributed by atoms with van der Waals surface area (Å²) >= 11 is 0. The lowest BCUT2D eigenvalue weighted by Crippen LogP contribution is -3.05. The lowest BCUT2D eigenvalue weighted by Gasteiger charge is -2.06. The summed E-state index contributed by atoms with van der Waals surface area (Å²) < 4.78 is 35.7. The molecule has 86 valence electrons. The maximum absolute atomic E-state index is 11.9. The Morgan fingerprint density at radius 2 is 2.13 bits per heavy atom. The molecule has 0 radical (unpaired) electrons. The average Bonchev–Trinajstić information content (AvgIpc) is 2.58. The van der Waals surface area contributed by atoms with Crippen molar-refractivity contribution < 1.29 is 18.2 Å². The Morgan fingerprint density at radius 3 is 2.73 bits per heavy atom. The van der Waals surface area contributed by atoms with Gasteiger partial charge in [-0.3, -0.25) is 0 Å². The summed E-state index contributed by atoms with van der Waals surface area (Å²) in [5.74, 6) is 0.661. The predicted molar refractivity (Wildman–Crippen MR) is 52.0 cm³/mol. The van der Waals surface area contributed by atoms with Crippen molar-refractivity contribution in [2.24, 2.45) is 10.1 Å². The van der Waals surface area contributed by atoms with Crippen molar-refractivity contribution in [3.8, 4) is 0 Å². The van der Waals surface area contributed by atoms with E-state index in [-0.39, 0.29) is 6.54 Å². The topological polar surface area (TPSA) is 29.2 Å². The van der Waals surface area contributed by atoms with E-state index >= 15 is 0 Å². The average molecular weight is 222 g/mol. The van der Waals surface area contributed by atoms with Crippen LogP contribution in [0.2, 0.25) is 0 Å². The van der Waals surface area contributed by atoms with Crippen LogP contribution in [0, 0.1) is 0 Å².